The van der Waals surface area contributed by atoms with Gasteiger partial charge in [-0.25, -0.2) is 0 Å². The minimum atomic E-state index is -0.204. The van der Waals surface area contributed by atoms with Gasteiger partial charge in [0.15, 0.2) is 0 Å². The molecule has 0 radical (unpaired) electrons. The van der Waals surface area contributed by atoms with Crippen LogP contribution in [0.5, 0.6) is 0 Å². The number of likely N-dealkylation sites (tertiary alicyclic amines) is 1. The molecule has 2 amide bonds. The van der Waals surface area contributed by atoms with Crippen molar-refractivity contribution in [1.29, 1.82) is 0 Å². The van der Waals surface area contributed by atoms with Gasteiger partial charge in [-0.3, -0.25) is 9.59 Å². The molecule has 0 saturated carbocycles. The van der Waals surface area contributed by atoms with Gasteiger partial charge in [0, 0.05) is 32.2 Å². The second kappa shape index (κ2) is 6.55. The van der Waals surface area contributed by atoms with Gasteiger partial charge < -0.3 is 9.80 Å². The third kappa shape index (κ3) is 3.18. The number of hydrogen-bond donors (Lipinski definition) is 0. The maximum atomic E-state index is 12.7. The van der Waals surface area contributed by atoms with E-state index in [9.17, 15) is 9.59 Å². The highest BCUT2D eigenvalue weighted by Gasteiger charge is 2.34. The Bertz CT molecular complexity index is 473. The fourth-order valence-corrected chi connectivity index (χ4v) is 2.54. The van der Waals surface area contributed by atoms with Crippen molar-refractivity contribution in [2.24, 2.45) is 5.92 Å². The van der Waals surface area contributed by atoms with Crippen LogP contribution in [0, 0.1) is 5.92 Å². The normalized spacial score (nSPS) is 18.4. The Labute approximate surface area is 120 Å². The molecule has 1 aliphatic rings. The van der Waals surface area contributed by atoms with Crippen molar-refractivity contribution in [2.75, 3.05) is 25.0 Å². The van der Waals surface area contributed by atoms with Gasteiger partial charge in [0.2, 0.25) is 11.8 Å². The van der Waals surface area contributed by atoms with Gasteiger partial charge in [-0.2, -0.15) is 0 Å². The van der Waals surface area contributed by atoms with E-state index in [1.54, 1.807) is 11.9 Å². The molecule has 0 aromatic heterocycles. The smallest absolute Gasteiger partial charge is 0.232 e. The molecule has 1 heterocycles. The Balaban J connectivity index is 2.14. The van der Waals surface area contributed by atoms with Crippen LogP contribution in [0.3, 0.4) is 0 Å². The Morgan fingerprint density at radius 2 is 2.05 bits per heavy atom. The van der Waals surface area contributed by atoms with Crippen molar-refractivity contribution >= 4 is 17.5 Å². The largest absolute Gasteiger partial charge is 0.345 e. The molecular formula is C16H22N2O2. The summed E-state index contributed by atoms with van der Waals surface area (Å²) < 4.78 is 0. The Morgan fingerprint density at radius 3 is 2.60 bits per heavy atom. The van der Waals surface area contributed by atoms with Gasteiger partial charge in [-0.15, -0.1) is 0 Å². The molecule has 0 spiro atoms. The molecule has 1 atom stereocenters. The summed E-state index contributed by atoms with van der Waals surface area (Å²) in [7, 11) is 1.76. The molecule has 0 aliphatic carbocycles. The zero-order valence-corrected chi connectivity index (χ0v) is 12.2. The van der Waals surface area contributed by atoms with E-state index in [-0.39, 0.29) is 17.7 Å². The first-order chi connectivity index (χ1) is 9.63. The van der Waals surface area contributed by atoms with Crippen LogP contribution in [-0.4, -0.2) is 36.9 Å². The minimum absolute atomic E-state index is 0.0619. The van der Waals surface area contributed by atoms with Gasteiger partial charge in [0.25, 0.3) is 0 Å². The number of rotatable bonds is 5. The number of unbranched alkanes of at least 4 members (excludes halogenated alkanes) is 1. The van der Waals surface area contributed by atoms with Crippen LogP contribution in [0.4, 0.5) is 5.69 Å². The lowest BCUT2D eigenvalue weighted by Gasteiger charge is -2.25. The fraction of sp³-hybridized carbons (Fsp3) is 0.500. The lowest BCUT2D eigenvalue weighted by Crippen LogP contribution is -2.38. The third-order valence-corrected chi connectivity index (χ3v) is 3.76. The quantitative estimate of drug-likeness (QED) is 0.826. The number of carbonyl (C=O) groups excluding carboxylic acids is 2. The lowest BCUT2D eigenvalue weighted by atomic mass is 10.1. The van der Waals surface area contributed by atoms with Gasteiger partial charge in [0.05, 0.1) is 5.92 Å². The Kier molecular flexibility index (Phi) is 4.77. The van der Waals surface area contributed by atoms with E-state index in [4.69, 9.17) is 0 Å². The average molecular weight is 274 g/mol. The number of carbonyl (C=O) groups is 2. The molecule has 20 heavy (non-hydrogen) atoms. The molecule has 1 unspecified atom stereocenters. The third-order valence-electron chi connectivity index (χ3n) is 3.76. The predicted molar refractivity (Wildman–Crippen MR) is 79.4 cm³/mol. The van der Waals surface area contributed by atoms with Crippen LogP contribution in [0.1, 0.15) is 26.2 Å². The fourth-order valence-electron chi connectivity index (χ4n) is 2.54. The number of benzene rings is 1. The van der Waals surface area contributed by atoms with Crippen LogP contribution < -0.4 is 4.90 Å². The molecule has 0 bridgehead atoms. The second-order valence-electron chi connectivity index (χ2n) is 5.35. The first-order valence-corrected chi connectivity index (χ1v) is 7.24. The van der Waals surface area contributed by atoms with Crippen LogP contribution >= 0.6 is 0 Å². The van der Waals surface area contributed by atoms with Crippen molar-refractivity contribution < 1.29 is 9.59 Å². The molecule has 0 N–H and O–H groups in total. The number of hydrogen-bond acceptors (Lipinski definition) is 2. The van der Waals surface area contributed by atoms with E-state index < -0.39 is 0 Å². The van der Waals surface area contributed by atoms with E-state index in [2.05, 4.69) is 6.92 Å². The molecule has 1 aliphatic heterocycles. The second-order valence-corrected chi connectivity index (χ2v) is 5.35. The molecule has 1 saturated heterocycles. The van der Waals surface area contributed by atoms with Crippen LogP contribution in [0.2, 0.25) is 0 Å². The number of para-hydroxylation sites is 1. The Morgan fingerprint density at radius 1 is 1.35 bits per heavy atom. The van der Waals surface area contributed by atoms with Gasteiger partial charge in [0.1, 0.15) is 0 Å². The Hall–Kier alpha value is -1.84. The molecule has 4 nitrogen and oxygen atoms in total. The topological polar surface area (TPSA) is 40.6 Å². The number of anilines is 1. The van der Waals surface area contributed by atoms with Crippen molar-refractivity contribution in [1.82, 2.24) is 4.90 Å². The monoisotopic (exact) mass is 274 g/mol. The first-order valence-electron chi connectivity index (χ1n) is 7.24. The number of amides is 2. The molecule has 108 valence electrons. The van der Waals surface area contributed by atoms with Crippen molar-refractivity contribution in [3.8, 4) is 0 Å². The van der Waals surface area contributed by atoms with E-state index in [0.717, 1.165) is 18.5 Å². The van der Waals surface area contributed by atoms with Crippen LogP contribution in [-0.2, 0) is 9.59 Å². The molecular weight excluding hydrogens is 252 g/mol. The van der Waals surface area contributed by atoms with E-state index >= 15 is 0 Å². The maximum Gasteiger partial charge on any atom is 0.232 e. The van der Waals surface area contributed by atoms with Crippen LogP contribution in [0.25, 0.3) is 0 Å². The standard InChI is InChI=1S/C16H22N2O2/c1-3-4-10-18(14-8-6-5-7-9-14)16(20)13-11-15(19)17(2)12-13/h5-9,13H,3-4,10-12H2,1-2H3. The lowest BCUT2D eigenvalue weighted by molar-refractivity contribution is -0.127. The summed E-state index contributed by atoms with van der Waals surface area (Å²) >= 11 is 0. The average Bonchev–Trinajstić information content (AvgIpc) is 2.80. The summed E-state index contributed by atoms with van der Waals surface area (Å²) in [6.07, 6.45) is 2.35. The summed E-state index contributed by atoms with van der Waals surface area (Å²) in [5.41, 5.74) is 0.924. The summed E-state index contributed by atoms with van der Waals surface area (Å²) in [6.45, 7) is 3.36. The summed E-state index contributed by atoms with van der Waals surface area (Å²) in [6, 6.07) is 9.72. The molecule has 1 aromatic rings. The van der Waals surface area contributed by atoms with Crippen molar-refractivity contribution in [2.45, 2.75) is 26.2 Å². The van der Waals surface area contributed by atoms with E-state index in [1.165, 1.54) is 0 Å². The van der Waals surface area contributed by atoms with E-state index in [1.807, 2.05) is 35.2 Å². The van der Waals surface area contributed by atoms with Gasteiger partial charge >= 0.3 is 0 Å². The van der Waals surface area contributed by atoms with Crippen molar-refractivity contribution in [3.63, 3.8) is 0 Å². The highest BCUT2D eigenvalue weighted by atomic mass is 16.2. The highest BCUT2D eigenvalue weighted by Crippen LogP contribution is 2.23. The zero-order chi connectivity index (χ0) is 14.5. The van der Waals surface area contributed by atoms with Gasteiger partial charge in [-0.1, -0.05) is 31.5 Å². The van der Waals surface area contributed by atoms with E-state index in [0.29, 0.717) is 19.5 Å². The van der Waals surface area contributed by atoms with Crippen LogP contribution in [0.15, 0.2) is 30.3 Å². The van der Waals surface area contributed by atoms with Gasteiger partial charge in [-0.05, 0) is 18.6 Å². The molecule has 4 heteroatoms. The highest BCUT2D eigenvalue weighted by molar-refractivity contribution is 5.98. The summed E-state index contributed by atoms with van der Waals surface area (Å²) in [5, 5.41) is 0. The predicted octanol–water partition coefficient (Wildman–Crippen LogP) is 2.30. The number of nitrogens with zero attached hydrogens (tertiary/aromatic N) is 2. The summed E-state index contributed by atoms with van der Waals surface area (Å²) in [5.74, 6) is -0.0706. The minimum Gasteiger partial charge on any atom is -0.345 e. The summed E-state index contributed by atoms with van der Waals surface area (Å²) in [4.78, 5) is 27.8. The maximum absolute atomic E-state index is 12.7. The van der Waals surface area contributed by atoms with Crippen molar-refractivity contribution in [3.05, 3.63) is 30.3 Å². The zero-order valence-electron chi connectivity index (χ0n) is 12.2. The molecule has 2 rings (SSSR count). The molecule has 1 aromatic carbocycles. The molecule has 1 fully saturated rings. The SMILES string of the molecule is CCCCN(C(=O)C1CC(=O)N(C)C1)c1ccccc1. The first kappa shape index (κ1) is 14.6.